The number of aromatic nitrogens is 2. The molecule has 0 spiro atoms. The van der Waals surface area contributed by atoms with Crippen LogP contribution in [-0.2, 0) is 16.1 Å². The van der Waals surface area contributed by atoms with E-state index in [2.05, 4.69) is 10.2 Å². The number of rotatable bonds is 6. The fraction of sp³-hybridized carbons (Fsp3) is 0.167. The van der Waals surface area contributed by atoms with E-state index in [-0.39, 0.29) is 12.5 Å². The van der Waals surface area contributed by atoms with Crippen molar-refractivity contribution >= 4 is 5.97 Å². The SMILES string of the molecule is COc1cccc(C(O)C(=O)OCc2nnc(-c3ccccc3)o2)c1. The summed E-state index contributed by atoms with van der Waals surface area (Å²) in [5.41, 5.74) is 1.14. The lowest BCUT2D eigenvalue weighted by atomic mass is 10.1. The summed E-state index contributed by atoms with van der Waals surface area (Å²) in [5, 5.41) is 17.8. The van der Waals surface area contributed by atoms with Crippen LogP contribution >= 0.6 is 0 Å². The zero-order chi connectivity index (χ0) is 17.6. The van der Waals surface area contributed by atoms with Gasteiger partial charge in [0, 0.05) is 5.56 Å². The van der Waals surface area contributed by atoms with E-state index in [4.69, 9.17) is 13.9 Å². The first-order chi connectivity index (χ1) is 12.2. The Morgan fingerprint density at radius 1 is 1.16 bits per heavy atom. The van der Waals surface area contributed by atoms with Gasteiger partial charge in [-0.2, -0.15) is 0 Å². The Labute approximate surface area is 143 Å². The molecule has 128 valence electrons. The molecule has 0 bridgehead atoms. The highest BCUT2D eigenvalue weighted by atomic mass is 16.6. The molecule has 1 unspecified atom stereocenters. The highest BCUT2D eigenvalue weighted by Gasteiger charge is 2.20. The molecular weight excluding hydrogens is 324 g/mol. The molecule has 0 aliphatic rings. The molecule has 7 nitrogen and oxygen atoms in total. The number of ether oxygens (including phenoxy) is 2. The van der Waals surface area contributed by atoms with Gasteiger partial charge in [0.25, 0.3) is 5.89 Å². The first-order valence-corrected chi connectivity index (χ1v) is 7.54. The largest absolute Gasteiger partial charge is 0.497 e. The number of carbonyl (C=O) groups is 1. The van der Waals surface area contributed by atoms with Gasteiger partial charge in [-0.25, -0.2) is 4.79 Å². The van der Waals surface area contributed by atoms with Crippen LogP contribution in [0.2, 0.25) is 0 Å². The number of carbonyl (C=O) groups excluding carboxylic acids is 1. The van der Waals surface area contributed by atoms with Gasteiger partial charge in [0.15, 0.2) is 12.7 Å². The topological polar surface area (TPSA) is 94.7 Å². The molecule has 1 heterocycles. The average Bonchev–Trinajstić information content (AvgIpc) is 3.15. The number of methoxy groups -OCH3 is 1. The molecule has 3 rings (SSSR count). The minimum absolute atomic E-state index is 0.144. The number of hydrogen-bond acceptors (Lipinski definition) is 7. The molecular formula is C18H16N2O5. The Balaban J connectivity index is 1.61. The zero-order valence-electron chi connectivity index (χ0n) is 13.5. The molecule has 1 N–H and O–H groups in total. The summed E-state index contributed by atoms with van der Waals surface area (Å²) >= 11 is 0. The number of aliphatic hydroxyl groups excluding tert-OH is 1. The van der Waals surface area contributed by atoms with Crippen LogP contribution < -0.4 is 4.74 Å². The van der Waals surface area contributed by atoms with Gasteiger partial charge >= 0.3 is 5.97 Å². The van der Waals surface area contributed by atoms with Gasteiger partial charge < -0.3 is 19.0 Å². The van der Waals surface area contributed by atoms with Gasteiger partial charge in [0.05, 0.1) is 7.11 Å². The van der Waals surface area contributed by atoms with Gasteiger partial charge in [-0.3, -0.25) is 0 Å². The van der Waals surface area contributed by atoms with Crippen LogP contribution in [0.25, 0.3) is 11.5 Å². The minimum Gasteiger partial charge on any atom is -0.497 e. The van der Waals surface area contributed by atoms with E-state index in [9.17, 15) is 9.90 Å². The maximum Gasteiger partial charge on any atom is 0.340 e. The molecule has 0 saturated heterocycles. The summed E-state index contributed by atoms with van der Waals surface area (Å²) in [4.78, 5) is 12.0. The Kier molecular flexibility index (Phi) is 5.06. The lowest BCUT2D eigenvalue weighted by Crippen LogP contribution is -2.15. The smallest absolute Gasteiger partial charge is 0.340 e. The molecule has 7 heteroatoms. The van der Waals surface area contributed by atoms with Gasteiger partial charge in [-0.1, -0.05) is 30.3 Å². The fourth-order valence-corrected chi connectivity index (χ4v) is 2.17. The number of esters is 1. The van der Waals surface area contributed by atoms with Crippen molar-refractivity contribution in [2.24, 2.45) is 0 Å². The standard InChI is InChI=1S/C18H16N2O5/c1-23-14-9-5-8-13(10-14)16(21)18(22)24-11-15-19-20-17(25-15)12-6-3-2-4-7-12/h2-10,16,21H,11H2,1H3. The molecule has 0 radical (unpaired) electrons. The molecule has 0 aliphatic carbocycles. The summed E-state index contributed by atoms with van der Waals surface area (Å²) in [5.74, 6) is 0.200. The summed E-state index contributed by atoms with van der Waals surface area (Å²) in [6.45, 7) is -0.223. The summed E-state index contributed by atoms with van der Waals surface area (Å²) in [6.07, 6.45) is -1.42. The quantitative estimate of drug-likeness (QED) is 0.689. The van der Waals surface area contributed by atoms with Crippen LogP contribution in [0.3, 0.4) is 0 Å². The predicted octanol–water partition coefficient (Wildman–Crippen LogP) is 2.52. The van der Waals surface area contributed by atoms with E-state index in [0.717, 1.165) is 5.56 Å². The maximum absolute atomic E-state index is 12.0. The third-order valence-electron chi connectivity index (χ3n) is 3.46. The molecule has 1 aromatic heterocycles. The van der Waals surface area contributed by atoms with Crippen LogP contribution in [0.4, 0.5) is 0 Å². The Morgan fingerprint density at radius 3 is 2.72 bits per heavy atom. The molecule has 3 aromatic rings. The van der Waals surface area contributed by atoms with Crippen molar-refractivity contribution in [3.8, 4) is 17.2 Å². The highest BCUT2D eigenvalue weighted by molar-refractivity contribution is 5.76. The highest BCUT2D eigenvalue weighted by Crippen LogP contribution is 2.21. The van der Waals surface area contributed by atoms with Gasteiger partial charge in [-0.15, -0.1) is 10.2 Å². The third kappa shape index (κ3) is 4.02. The summed E-state index contributed by atoms with van der Waals surface area (Å²) in [7, 11) is 1.50. The van der Waals surface area contributed by atoms with Crippen LogP contribution in [-0.4, -0.2) is 28.4 Å². The maximum atomic E-state index is 12.0. The minimum atomic E-state index is -1.42. The van der Waals surface area contributed by atoms with E-state index < -0.39 is 12.1 Å². The molecule has 0 aliphatic heterocycles. The Hall–Kier alpha value is -3.19. The van der Waals surface area contributed by atoms with Crippen LogP contribution in [0.15, 0.2) is 59.0 Å². The normalized spacial score (nSPS) is 11.8. The lowest BCUT2D eigenvalue weighted by molar-refractivity contribution is -0.156. The van der Waals surface area contributed by atoms with E-state index in [1.165, 1.54) is 7.11 Å². The summed E-state index contributed by atoms with van der Waals surface area (Å²) < 4.78 is 15.5. The monoisotopic (exact) mass is 340 g/mol. The first-order valence-electron chi connectivity index (χ1n) is 7.54. The average molecular weight is 340 g/mol. The molecule has 25 heavy (non-hydrogen) atoms. The van der Waals surface area contributed by atoms with Crippen molar-refractivity contribution in [3.05, 3.63) is 66.1 Å². The Bertz CT molecular complexity index is 847. The van der Waals surface area contributed by atoms with Gasteiger partial charge in [-0.05, 0) is 29.8 Å². The van der Waals surface area contributed by atoms with Crippen molar-refractivity contribution in [1.29, 1.82) is 0 Å². The molecule has 1 atom stereocenters. The van der Waals surface area contributed by atoms with Gasteiger partial charge in [0.2, 0.25) is 5.89 Å². The van der Waals surface area contributed by atoms with Crippen LogP contribution in [0.1, 0.15) is 17.6 Å². The number of aliphatic hydroxyl groups is 1. The molecule has 0 fully saturated rings. The first kappa shape index (κ1) is 16.7. The molecule has 2 aromatic carbocycles. The van der Waals surface area contributed by atoms with E-state index >= 15 is 0 Å². The Morgan fingerprint density at radius 2 is 1.96 bits per heavy atom. The second kappa shape index (κ2) is 7.59. The molecule has 0 amide bonds. The molecule has 0 saturated carbocycles. The van der Waals surface area contributed by atoms with Crippen molar-refractivity contribution in [2.75, 3.05) is 7.11 Å². The number of hydrogen-bond donors (Lipinski definition) is 1. The second-order valence-electron chi connectivity index (χ2n) is 5.15. The fourth-order valence-electron chi connectivity index (χ4n) is 2.17. The van der Waals surface area contributed by atoms with Crippen molar-refractivity contribution in [1.82, 2.24) is 10.2 Å². The van der Waals surface area contributed by atoms with Gasteiger partial charge in [0.1, 0.15) is 5.75 Å². The lowest BCUT2D eigenvalue weighted by Gasteiger charge is -2.10. The predicted molar refractivity (Wildman–Crippen MR) is 87.5 cm³/mol. The van der Waals surface area contributed by atoms with Crippen molar-refractivity contribution in [3.63, 3.8) is 0 Å². The second-order valence-corrected chi connectivity index (χ2v) is 5.15. The van der Waals surface area contributed by atoms with E-state index in [1.54, 1.807) is 24.3 Å². The van der Waals surface area contributed by atoms with Crippen LogP contribution in [0.5, 0.6) is 5.75 Å². The van der Waals surface area contributed by atoms with Crippen LogP contribution in [0, 0.1) is 0 Å². The zero-order valence-corrected chi connectivity index (χ0v) is 13.5. The van der Waals surface area contributed by atoms with Crippen molar-refractivity contribution < 1.29 is 23.8 Å². The number of benzene rings is 2. The van der Waals surface area contributed by atoms with E-state index in [1.807, 2.05) is 30.3 Å². The van der Waals surface area contributed by atoms with E-state index in [0.29, 0.717) is 17.2 Å². The third-order valence-corrected chi connectivity index (χ3v) is 3.46. The van der Waals surface area contributed by atoms with Crippen molar-refractivity contribution in [2.45, 2.75) is 12.7 Å². The number of nitrogens with zero attached hydrogens (tertiary/aromatic N) is 2. The summed E-state index contributed by atoms with van der Waals surface area (Å²) in [6, 6.07) is 15.8.